The Labute approximate surface area is 100.0 Å². The quantitative estimate of drug-likeness (QED) is 0.631. The summed E-state index contributed by atoms with van der Waals surface area (Å²) in [6, 6.07) is 5.96. The number of non-ortho nitro benzene ring substituents is 1. The number of carbonyl (C=O) groups is 1. The number of benzene rings is 1. The molecule has 0 aliphatic carbocycles. The van der Waals surface area contributed by atoms with E-state index in [4.69, 9.17) is 0 Å². The zero-order chi connectivity index (χ0) is 12.8. The summed E-state index contributed by atoms with van der Waals surface area (Å²) in [5, 5.41) is 13.3. The molecule has 5 heteroatoms. The normalized spacial score (nSPS) is 10.3. The number of hydrogen-bond donors (Lipinski definition) is 1. The molecular weight excluding hydrogens is 220 g/mol. The van der Waals surface area contributed by atoms with Crippen LogP contribution in [-0.4, -0.2) is 10.8 Å². The smallest absolute Gasteiger partial charge is 0.271 e. The molecule has 0 saturated heterocycles. The maximum Gasteiger partial charge on any atom is 0.271 e. The molecule has 0 saturated carbocycles. The minimum Gasteiger partial charge on any atom is -0.326 e. The van der Waals surface area contributed by atoms with E-state index >= 15 is 0 Å². The number of amides is 1. The second-order valence-corrected chi connectivity index (χ2v) is 3.81. The molecule has 0 aromatic heterocycles. The third kappa shape index (κ3) is 3.55. The third-order valence-corrected chi connectivity index (χ3v) is 2.68. The van der Waals surface area contributed by atoms with Crippen molar-refractivity contribution in [3.8, 4) is 0 Å². The van der Waals surface area contributed by atoms with Crippen molar-refractivity contribution < 1.29 is 9.72 Å². The number of nitrogens with one attached hydrogen (secondary N) is 1. The molecule has 0 fully saturated rings. The van der Waals surface area contributed by atoms with Crippen LogP contribution in [-0.2, 0) is 4.79 Å². The fourth-order valence-corrected chi connectivity index (χ4v) is 1.60. The number of nitrogens with zero attached hydrogens (tertiary/aromatic N) is 1. The molecule has 1 N–H and O–H groups in total. The van der Waals surface area contributed by atoms with Crippen LogP contribution in [0.2, 0.25) is 0 Å². The van der Waals surface area contributed by atoms with E-state index in [9.17, 15) is 14.9 Å². The van der Waals surface area contributed by atoms with Gasteiger partial charge in [0, 0.05) is 23.7 Å². The highest BCUT2D eigenvalue weighted by atomic mass is 16.6. The monoisotopic (exact) mass is 236 g/mol. The van der Waals surface area contributed by atoms with Crippen molar-refractivity contribution in [3.63, 3.8) is 0 Å². The van der Waals surface area contributed by atoms with Crippen LogP contribution in [0.5, 0.6) is 0 Å². The molecule has 0 aliphatic rings. The Morgan fingerprint density at radius 1 is 1.41 bits per heavy atom. The zero-order valence-corrected chi connectivity index (χ0v) is 9.97. The zero-order valence-electron chi connectivity index (χ0n) is 9.97. The summed E-state index contributed by atoms with van der Waals surface area (Å²) in [6.07, 6.45) is 1.52. The predicted molar refractivity (Wildman–Crippen MR) is 65.8 cm³/mol. The summed E-state index contributed by atoms with van der Waals surface area (Å²) in [4.78, 5) is 21.9. The molecule has 92 valence electrons. The number of nitro groups is 1. The van der Waals surface area contributed by atoms with Gasteiger partial charge in [-0.15, -0.1) is 0 Å². The molecular formula is C12H16N2O3. The van der Waals surface area contributed by atoms with Gasteiger partial charge in [-0.2, -0.15) is 0 Å². The second-order valence-electron chi connectivity index (χ2n) is 3.81. The number of rotatable bonds is 5. The van der Waals surface area contributed by atoms with E-state index < -0.39 is 4.92 Å². The lowest BCUT2D eigenvalue weighted by Gasteiger charge is -2.12. The Morgan fingerprint density at radius 2 is 2.06 bits per heavy atom. The van der Waals surface area contributed by atoms with E-state index in [-0.39, 0.29) is 17.5 Å². The van der Waals surface area contributed by atoms with Gasteiger partial charge in [0.25, 0.3) is 5.69 Å². The molecule has 1 aromatic rings. The first-order chi connectivity index (χ1) is 8.08. The Hall–Kier alpha value is -1.91. The summed E-state index contributed by atoms with van der Waals surface area (Å²) in [5.41, 5.74) is 0.448. The van der Waals surface area contributed by atoms with Crippen LogP contribution in [0.25, 0.3) is 0 Å². The SMILES string of the molecule is CCC(CC)C(=O)Nc1cccc([N+](=O)[O-])c1. The van der Waals surface area contributed by atoms with E-state index in [1.165, 1.54) is 12.1 Å². The van der Waals surface area contributed by atoms with Crippen molar-refractivity contribution in [2.45, 2.75) is 26.7 Å². The molecule has 0 unspecified atom stereocenters. The lowest BCUT2D eigenvalue weighted by Crippen LogP contribution is -2.21. The van der Waals surface area contributed by atoms with Gasteiger partial charge in [-0.05, 0) is 18.9 Å². The largest absolute Gasteiger partial charge is 0.326 e. The van der Waals surface area contributed by atoms with Crippen LogP contribution in [0, 0.1) is 16.0 Å². The predicted octanol–water partition coefficient (Wildman–Crippen LogP) is 2.97. The van der Waals surface area contributed by atoms with Crippen molar-refractivity contribution >= 4 is 17.3 Å². The molecule has 0 spiro atoms. The van der Waals surface area contributed by atoms with Gasteiger partial charge in [-0.1, -0.05) is 19.9 Å². The first kappa shape index (κ1) is 13.2. The summed E-state index contributed by atoms with van der Waals surface area (Å²) in [5.74, 6) is -0.134. The van der Waals surface area contributed by atoms with Crippen LogP contribution in [0.4, 0.5) is 11.4 Å². The lowest BCUT2D eigenvalue weighted by molar-refractivity contribution is -0.384. The van der Waals surface area contributed by atoms with Crippen molar-refractivity contribution in [2.24, 2.45) is 5.92 Å². The summed E-state index contributed by atoms with van der Waals surface area (Å²) >= 11 is 0. The molecule has 1 aromatic carbocycles. The highest BCUT2D eigenvalue weighted by molar-refractivity contribution is 5.92. The van der Waals surface area contributed by atoms with Crippen molar-refractivity contribution in [1.82, 2.24) is 0 Å². The number of carbonyl (C=O) groups excluding carboxylic acids is 1. The van der Waals surface area contributed by atoms with Gasteiger partial charge in [0.05, 0.1) is 4.92 Å². The number of anilines is 1. The molecule has 1 amide bonds. The van der Waals surface area contributed by atoms with Gasteiger partial charge in [0.15, 0.2) is 0 Å². The first-order valence-corrected chi connectivity index (χ1v) is 5.63. The van der Waals surface area contributed by atoms with Crippen LogP contribution in [0.15, 0.2) is 24.3 Å². The molecule has 0 radical (unpaired) electrons. The Bertz CT molecular complexity index is 414. The highest BCUT2D eigenvalue weighted by Crippen LogP contribution is 2.18. The van der Waals surface area contributed by atoms with Crippen LogP contribution >= 0.6 is 0 Å². The molecule has 0 heterocycles. The van der Waals surface area contributed by atoms with E-state index in [1.54, 1.807) is 12.1 Å². The van der Waals surface area contributed by atoms with Crippen molar-refractivity contribution in [3.05, 3.63) is 34.4 Å². The molecule has 17 heavy (non-hydrogen) atoms. The van der Waals surface area contributed by atoms with Crippen LogP contribution < -0.4 is 5.32 Å². The van der Waals surface area contributed by atoms with Gasteiger partial charge in [0.1, 0.15) is 0 Å². The molecule has 0 aliphatic heterocycles. The maximum atomic E-state index is 11.8. The summed E-state index contributed by atoms with van der Waals surface area (Å²) < 4.78 is 0. The van der Waals surface area contributed by atoms with E-state index in [0.717, 1.165) is 12.8 Å². The lowest BCUT2D eigenvalue weighted by atomic mass is 10.0. The molecule has 0 bridgehead atoms. The Morgan fingerprint density at radius 3 is 2.59 bits per heavy atom. The van der Waals surface area contributed by atoms with Crippen LogP contribution in [0.1, 0.15) is 26.7 Å². The highest BCUT2D eigenvalue weighted by Gasteiger charge is 2.15. The van der Waals surface area contributed by atoms with Gasteiger partial charge in [-0.25, -0.2) is 0 Å². The Balaban J connectivity index is 2.78. The van der Waals surface area contributed by atoms with E-state index in [1.807, 2.05) is 13.8 Å². The standard InChI is InChI=1S/C12H16N2O3/c1-3-9(4-2)12(15)13-10-6-5-7-11(8-10)14(16)17/h5-9H,3-4H2,1-2H3,(H,13,15). The maximum absolute atomic E-state index is 11.8. The van der Waals surface area contributed by atoms with E-state index in [2.05, 4.69) is 5.32 Å². The van der Waals surface area contributed by atoms with Crippen molar-refractivity contribution in [1.29, 1.82) is 0 Å². The third-order valence-electron chi connectivity index (χ3n) is 2.68. The molecule has 0 atom stereocenters. The number of nitro benzene ring substituents is 1. The van der Waals surface area contributed by atoms with Gasteiger partial charge in [0.2, 0.25) is 5.91 Å². The van der Waals surface area contributed by atoms with Crippen molar-refractivity contribution in [2.75, 3.05) is 5.32 Å². The Kier molecular flexibility index (Phi) is 4.63. The van der Waals surface area contributed by atoms with Gasteiger partial charge in [-0.3, -0.25) is 14.9 Å². The second kappa shape index (κ2) is 5.98. The minimum absolute atomic E-state index is 0.0210. The minimum atomic E-state index is -0.479. The fraction of sp³-hybridized carbons (Fsp3) is 0.417. The topological polar surface area (TPSA) is 72.2 Å². The molecule has 1 rings (SSSR count). The average molecular weight is 236 g/mol. The van der Waals surface area contributed by atoms with Gasteiger partial charge < -0.3 is 5.32 Å². The fourth-order valence-electron chi connectivity index (χ4n) is 1.60. The first-order valence-electron chi connectivity index (χ1n) is 5.63. The summed E-state index contributed by atoms with van der Waals surface area (Å²) in [7, 11) is 0. The number of hydrogen-bond acceptors (Lipinski definition) is 3. The molecule has 5 nitrogen and oxygen atoms in total. The van der Waals surface area contributed by atoms with Gasteiger partial charge >= 0.3 is 0 Å². The average Bonchev–Trinajstić information content (AvgIpc) is 2.30. The summed E-state index contributed by atoms with van der Waals surface area (Å²) in [6.45, 7) is 3.89. The van der Waals surface area contributed by atoms with Crippen LogP contribution in [0.3, 0.4) is 0 Å². The van der Waals surface area contributed by atoms with E-state index in [0.29, 0.717) is 5.69 Å².